The van der Waals surface area contributed by atoms with Crippen LogP contribution in [0.1, 0.15) is 24.6 Å². The van der Waals surface area contributed by atoms with Gasteiger partial charge < -0.3 is 5.32 Å². The highest BCUT2D eigenvalue weighted by Gasteiger charge is 2.17. The maximum absolute atomic E-state index is 13.0. The van der Waals surface area contributed by atoms with Crippen molar-refractivity contribution in [3.05, 3.63) is 77.7 Å². The highest BCUT2D eigenvalue weighted by Crippen LogP contribution is 2.18. The molecule has 0 fully saturated rings. The van der Waals surface area contributed by atoms with E-state index in [1.54, 1.807) is 12.1 Å². The second kappa shape index (κ2) is 9.98. The van der Waals surface area contributed by atoms with Gasteiger partial charge in [-0.1, -0.05) is 30.3 Å². The molecule has 0 saturated heterocycles. The predicted octanol–water partition coefficient (Wildman–Crippen LogP) is 3.79. The molecule has 6 heteroatoms. The van der Waals surface area contributed by atoms with Crippen molar-refractivity contribution >= 4 is 5.91 Å². The van der Waals surface area contributed by atoms with Gasteiger partial charge in [-0.25, -0.2) is 4.39 Å². The lowest BCUT2D eigenvalue weighted by atomic mass is 10.1. The van der Waals surface area contributed by atoms with E-state index in [9.17, 15) is 9.18 Å². The summed E-state index contributed by atoms with van der Waals surface area (Å²) in [5, 5.41) is 10.3. The van der Waals surface area contributed by atoms with Crippen LogP contribution in [-0.2, 0) is 17.8 Å². The zero-order valence-corrected chi connectivity index (χ0v) is 16.9. The topological polar surface area (TPSA) is 61.0 Å². The average molecular weight is 394 g/mol. The number of nitrogens with one attached hydrogen (secondary N) is 2. The zero-order valence-electron chi connectivity index (χ0n) is 16.9. The van der Waals surface area contributed by atoms with Gasteiger partial charge in [-0.2, -0.15) is 5.10 Å². The summed E-state index contributed by atoms with van der Waals surface area (Å²) in [7, 11) is 1.96. The van der Waals surface area contributed by atoms with E-state index in [0.717, 1.165) is 41.9 Å². The molecular formula is C23H27FN4O. The first-order valence-corrected chi connectivity index (χ1v) is 9.85. The Kier molecular flexibility index (Phi) is 7.14. The number of aromatic amines is 1. The number of nitrogens with zero attached hydrogens (tertiary/aromatic N) is 2. The molecule has 1 atom stereocenters. The maximum atomic E-state index is 13.0. The zero-order chi connectivity index (χ0) is 20.6. The maximum Gasteiger partial charge on any atom is 0.237 e. The van der Waals surface area contributed by atoms with Crippen molar-refractivity contribution in [2.45, 2.75) is 32.4 Å². The third-order valence-corrected chi connectivity index (χ3v) is 5.08. The second-order valence-corrected chi connectivity index (χ2v) is 7.25. The van der Waals surface area contributed by atoms with Gasteiger partial charge in [-0.3, -0.25) is 14.8 Å². The largest absolute Gasteiger partial charge is 0.351 e. The van der Waals surface area contributed by atoms with E-state index in [1.165, 1.54) is 12.1 Å². The van der Waals surface area contributed by atoms with Gasteiger partial charge >= 0.3 is 0 Å². The van der Waals surface area contributed by atoms with Gasteiger partial charge in [0.1, 0.15) is 5.82 Å². The lowest BCUT2D eigenvalue weighted by Crippen LogP contribution is -2.43. The Morgan fingerprint density at radius 2 is 1.90 bits per heavy atom. The van der Waals surface area contributed by atoms with E-state index < -0.39 is 0 Å². The Morgan fingerprint density at radius 1 is 1.17 bits per heavy atom. The first kappa shape index (κ1) is 20.7. The van der Waals surface area contributed by atoms with Crippen molar-refractivity contribution in [2.75, 3.05) is 13.6 Å². The molecular weight excluding hydrogens is 367 g/mol. The Bertz CT molecular complexity index is 908. The fourth-order valence-corrected chi connectivity index (χ4v) is 3.10. The summed E-state index contributed by atoms with van der Waals surface area (Å²) in [4.78, 5) is 14.4. The van der Waals surface area contributed by atoms with Gasteiger partial charge in [0.2, 0.25) is 5.91 Å². The number of amides is 1. The smallest absolute Gasteiger partial charge is 0.237 e. The molecule has 5 nitrogen and oxygen atoms in total. The molecule has 152 valence electrons. The van der Waals surface area contributed by atoms with Gasteiger partial charge in [0.25, 0.3) is 0 Å². The van der Waals surface area contributed by atoms with Crippen LogP contribution in [0.2, 0.25) is 0 Å². The van der Waals surface area contributed by atoms with Crippen molar-refractivity contribution in [2.24, 2.45) is 0 Å². The Labute approximate surface area is 170 Å². The molecule has 3 rings (SSSR count). The molecule has 2 aromatic carbocycles. The molecule has 29 heavy (non-hydrogen) atoms. The van der Waals surface area contributed by atoms with Crippen LogP contribution in [0.3, 0.4) is 0 Å². The summed E-state index contributed by atoms with van der Waals surface area (Å²) >= 11 is 0. The number of hydrogen-bond donors (Lipinski definition) is 2. The van der Waals surface area contributed by atoms with Gasteiger partial charge in [0.15, 0.2) is 0 Å². The fourth-order valence-electron chi connectivity index (χ4n) is 3.10. The van der Waals surface area contributed by atoms with E-state index in [1.807, 2.05) is 50.4 Å². The minimum Gasteiger partial charge on any atom is -0.351 e. The monoisotopic (exact) mass is 394 g/mol. The quantitative estimate of drug-likeness (QED) is 0.581. The van der Waals surface area contributed by atoms with Gasteiger partial charge in [0.05, 0.1) is 11.7 Å². The Balaban J connectivity index is 1.42. The average Bonchev–Trinajstić information content (AvgIpc) is 3.21. The second-order valence-electron chi connectivity index (χ2n) is 7.25. The lowest BCUT2D eigenvalue weighted by Gasteiger charge is -2.23. The minimum atomic E-state index is -0.255. The van der Waals surface area contributed by atoms with Crippen molar-refractivity contribution < 1.29 is 9.18 Å². The summed E-state index contributed by atoms with van der Waals surface area (Å²) in [6, 6.07) is 18.0. The van der Waals surface area contributed by atoms with Crippen molar-refractivity contribution in [1.82, 2.24) is 20.4 Å². The first-order valence-electron chi connectivity index (χ1n) is 9.85. The molecule has 1 unspecified atom stereocenters. The molecule has 3 aromatic rings. The van der Waals surface area contributed by atoms with E-state index >= 15 is 0 Å². The number of aryl methyl sites for hydroxylation is 1. The SMILES string of the molecule is CC(C(=O)NCc1ccccc1)N(C)CCCc1cc(-c2ccc(F)cc2)n[nH]1. The molecule has 0 bridgehead atoms. The fraction of sp³-hybridized carbons (Fsp3) is 0.304. The van der Waals surface area contributed by atoms with Crippen molar-refractivity contribution in [1.29, 1.82) is 0 Å². The van der Waals surface area contributed by atoms with Crippen molar-refractivity contribution in [3.63, 3.8) is 0 Å². The van der Waals surface area contributed by atoms with Crippen LogP contribution in [0.5, 0.6) is 0 Å². The molecule has 1 aromatic heterocycles. The van der Waals surface area contributed by atoms with Gasteiger partial charge in [-0.05, 0) is 69.3 Å². The van der Waals surface area contributed by atoms with Crippen LogP contribution in [0.4, 0.5) is 4.39 Å². The minimum absolute atomic E-state index is 0.0245. The highest BCUT2D eigenvalue weighted by atomic mass is 19.1. The molecule has 1 amide bonds. The molecule has 0 saturated carbocycles. The number of benzene rings is 2. The van der Waals surface area contributed by atoms with E-state index in [0.29, 0.717) is 6.54 Å². The molecule has 0 aliphatic carbocycles. The number of carbonyl (C=O) groups excluding carboxylic acids is 1. The number of rotatable bonds is 9. The standard InChI is InChI=1S/C23H27FN4O/c1-17(23(29)25-16-18-7-4-3-5-8-18)28(2)14-6-9-21-15-22(27-26-21)19-10-12-20(24)13-11-19/h3-5,7-8,10-13,15,17H,6,9,14,16H2,1-2H3,(H,25,29)(H,26,27). The van der Waals surface area contributed by atoms with Crippen LogP contribution in [-0.4, -0.2) is 40.6 Å². The molecule has 2 N–H and O–H groups in total. The van der Waals surface area contributed by atoms with Gasteiger partial charge in [0, 0.05) is 17.8 Å². The van der Waals surface area contributed by atoms with Gasteiger partial charge in [-0.15, -0.1) is 0 Å². The van der Waals surface area contributed by atoms with Crippen LogP contribution in [0, 0.1) is 5.82 Å². The Hall–Kier alpha value is -2.99. The molecule has 0 aliphatic rings. The van der Waals surface area contributed by atoms with Crippen molar-refractivity contribution in [3.8, 4) is 11.3 Å². The summed E-state index contributed by atoms with van der Waals surface area (Å²) in [6.45, 7) is 3.26. The summed E-state index contributed by atoms with van der Waals surface area (Å²) < 4.78 is 13.0. The summed E-state index contributed by atoms with van der Waals surface area (Å²) in [5.41, 5.74) is 3.81. The van der Waals surface area contributed by atoms with Crippen LogP contribution in [0.15, 0.2) is 60.7 Å². The number of H-pyrrole nitrogens is 1. The van der Waals surface area contributed by atoms with Crippen LogP contribution >= 0.6 is 0 Å². The third-order valence-electron chi connectivity index (χ3n) is 5.08. The Morgan fingerprint density at radius 3 is 2.62 bits per heavy atom. The lowest BCUT2D eigenvalue weighted by molar-refractivity contribution is -0.125. The number of carbonyl (C=O) groups is 1. The normalized spacial score (nSPS) is 12.1. The number of halogens is 1. The highest BCUT2D eigenvalue weighted by molar-refractivity contribution is 5.81. The first-order chi connectivity index (χ1) is 14.0. The number of aromatic nitrogens is 2. The van der Waals surface area contributed by atoms with E-state index in [4.69, 9.17) is 0 Å². The van der Waals surface area contributed by atoms with Crippen LogP contribution < -0.4 is 5.32 Å². The molecule has 0 spiro atoms. The number of hydrogen-bond acceptors (Lipinski definition) is 3. The molecule has 0 radical (unpaired) electrons. The van der Waals surface area contributed by atoms with E-state index in [2.05, 4.69) is 20.4 Å². The molecule has 0 aliphatic heterocycles. The van der Waals surface area contributed by atoms with Crippen LogP contribution in [0.25, 0.3) is 11.3 Å². The summed E-state index contributed by atoms with van der Waals surface area (Å²) in [6.07, 6.45) is 1.73. The predicted molar refractivity (Wildman–Crippen MR) is 113 cm³/mol. The third kappa shape index (κ3) is 5.99. The molecule has 1 heterocycles. The van der Waals surface area contributed by atoms with E-state index in [-0.39, 0.29) is 17.8 Å². The summed E-state index contributed by atoms with van der Waals surface area (Å²) in [5.74, 6) is -0.231. The number of likely N-dealkylation sites (N-methyl/N-ethyl adjacent to an activating group) is 1.